The molecule has 0 unspecified atom stereocenters. The van der Waals surface area contributed by atoms with Gasteiger partial charge in [0.05, 0.1) is 11.9 Å². The molecular weight excluding hydrogens is 392 g/mol. The minimum Gasteiger partial charge on any atom is -0.547 e. The van der Waals surface area contributed by atoms with Crippen LogP contribution in [0.3, 0.4) is 0 Å². The van der Waals surface area contributed by atoms with Crippen LogP contribution >= 0.6 is 0 Å². The summed E-state index contributed by atoms with van der Waals surface area (Å²) in [5, 5.41) is 89.7. The zero-order valence-corrected chi connectivity index (χ0v) is 14.9. The maximum absolute atomic E-state index is 9.95. The number of aldehydes is 2. The van der Waals surface area contributed by atoms with E-state index in [0.29, 0.717) is 0 Å². The molecular formula is C12H18MgO14. The summed E-state index contributed by atoms with van der Waals surface area (Å²) in [6.45, 7) is 0. The van der Waals surface area contributed by atoms with E-state index in [1.165, 1.54) is 0 Å². The standard InChI is InChI=1S/2C6H10O7.Mg/c2*7-1-2(8)3(9)4(10)5(11)6(12)13;/h2*1-5,8-11H,(H,12,13);/q;;+2/p-2/t2*2-,3-,4-,5-;/m00./s1. The van der Waals surface area contributed by atoms with Crippen molar-refractivity contribution < 1.29 is 70.2 Å². The minimum atomic E-state index is -2.36. The van der Waals surface area contributed by atoms with Crippen molar-refractivity contribution in [3.63, 3.8) is 0 Å². The van der Waals surface area contributed by atoms with E-state index < -0.39 is 60.8 Å². The number of aliphatic hydroxyl groups excluding tert-OH is 8. The van der Waals surface area contributed by atoms with Gasteiger partial charge in [-0.25, -0.2) is 0 Å². The Morgan fingerprint density at radius 2 is 0.815 bits per heavy atom. The van der Waals surface area contributed by atoms with Crippen LogP contribution in [0.15, 0.2) is 0 Å². The number of carboxylic acid groups (broad SMARTS) is 2. The summed E-state index contributed by atoms with van der Waals surface area (Å²) >= 11 is 0. The summed E-state index contributed by atoms with van der Waals surface area (Å²) in [6, 6.07) is 0. The first kappa shape index (κ1) is 30.5. The maximum atomic E-state index is 9.95. The van der Waals surface area contributed by atoms with Gasteiger partial charge in [0.15, 0.2) is 12.6 Å². The molecule has 0 heterocycles. The third-order valence-corrected chi connectivity index (χ3v) is 2.81. The fourth-order valence-corrected chi connectivity index (χ4v) is 1.22. The molecule has 0 aromatic rings. The zero-order valence-electron chi connectivity index (χ0n) is 13.5. The van der Waals surface area contributed by atoms with Crippen LogP contribution < -0.4 is 10.2 Å². The second-order valence-corrected chi connectivity index (χ2v) is 4.74. The van der Waals surface area contributed by atoms with Crippen LogP contribution in [-0.4, -0.2) is 137 Å². The fourth-order valence-electron chi connectivity index (χ4n) is 1.22. The van der Waals surface area contributed by atoms with E-state index in [4.69, 9.17) is 40.9 Å². The van der Waals surface area contributed by atoms with Crippen molar-refractivity contribution in [2.24, 2.45) is 0 Å². The van der Waals surface area contributed by atoms with Crippen LogP contribution in [0.5, 0.6) is 0 Å². The van der Waals surface area contributed by atoms with Crippen LogP contribution in [0, 0.1) is 0 Å². The van der Waals surface area contributed by atoms with Gasteiger partial charge in [0.2, 0.25) is 0 Å². The number of aliphatic hydroxyl groups is 8. The van der Waals surface area contributed by atoms with E-state index >= 15 is 0 Å². The molecule has 0 bridgehead atoms. The van der Waals surface area contributed by atoms with Gasteiger partial charge in [0.1, 0.15) is 48.8 Å². The Morgan fingerprint density at radius 3 is 0.963 bits per heavy atom. The summed E-state index contributed by atoms with van der Waals surface area (Å²) in [5.74, 6) is -4.02. The van der Waals surface area contributed by atoms with Crippen LogP contribution in [0.2, 0.25) is 0 Å². The van der Waals surface area contributed by atoms with Gasteiger partial charge in [-0.05, 0) is 0 Å². The van der Waals surface area contributed by atoms with E-state index in [-0.39, 0.29) is 35.6 Å². The normalized spacial score (nSPS) is 19.3. The third-order valence-electron chi connectivity index (χ3n) is 2.81. The number of carbonyl (C=O) groups excluding carboxylic acids is 4. The number of hydrogen-bond donors (Lipinski definition) is 8. The van der Waals surface area contributed by atoms with Gasteiger partial charge in [0, 0.05) is 0 Å². The average molecular weight is 411 g/mol. The molecule has 0 fully saturated rings. The topological polar surface area (TPSA) is 276 Å². The van der Waals surface area contributed by atoms with Crippen molar-refractivity contribution in [3.05, 3.63) is 0 Å². The molecule has 0 spiro atoms. The molecule has 0 rings (SSSR count). The summed E-state index contributed by atoms with van der Waals surface area (Å²) in [5.41, 5.74) is 0. The predicted molar refractivity (Wildman–Crippen MR) is 76.0 cm³/mol. The van der Waals surface area contributed by atoms with E-state index in [0.717, 1.165) is 0 Å². The minimum absolute atomic E-state index is 0. The quantitative estimate of drug-likeness (QED) is 0.123. The van der Waals surface area contributed by atoms with Gasteiger partial charge in [0.25, 0.3) is 0 Å². The van der Waals surface area contributed by atoms with Gasteiger partial charge in [-0.15, -0.1) is 0 Å². The summed E-state index contributed by atoms with van der Waals surface area (Å²) in [7, 11) is 0. The predicted octanol–water partition coefficient (Wildman–Crippen LogP) is -9.62. The Morgan fingerprint density at radius 1 is 0.593 bits per heavy atom. The molecule has 14 nitrogen and oxygen atoms in total. The molecule has 0 aliphatic heterocycles. The molecule has 27 heavy (non-hydrogen) atoms. The zero-order chi connectivity index (χ0) is 21.2. The molecule has 0 aromatic heterocycles. The average Bonchev–Trinajstić information content (AvgIpc) is 2.62. The Hall–Kier alpha value is -1.27. The molecule has 15 heteroatoms. The first-order chi connectivity index (χ1) is 11.8. The smallest absolute Gasteiger partial charge is 0.547 e. The van der Waals surface area contributed by atoms with Crippen molar-refractivity contribution in [1.29, 1.82) is 0 Å². The largest absolute Gasteiger partial charge is 2.00 e. The molecule has 0 saturated heterocycles. The Balaban J connectivity index is -0.000000411. The van der Waals surface area contributed by atoms with Crippen LogP contribution in [0.25, 0.3) is 0 Å². The van der Waals surface area contributed by atoms with Crippen molar-refractivity contribution in [3.8, 4) is 0 Å². The molecule has 0 aliphatic rings. The molecule has 8 N–H and O–H groups in total. The van der Waals surface area contributed by atoms with E-state index in [9.17, 15) is 29.4 Å². The SMILES string of the molecule is O=C[C@H](O)[C@H](O)[C@H](O)[C@H](O)C(=O)[O-].O=C[C@H](O)[C@H](O)[C@H](O)[C@H](O)C(=O)[O-].[Mg+2]. The van der Waals surface area contributed by atoms with Gasteiger partial charge in [-0.3, -0.25) is 0 Å². The molecule has 0 saturated carbocycles. The number of rotatable bonds is 10. The van der Waals surface area contributed by atoms with Gasteiger partial charge in [-0.1, -0.05) is 0 Å². The Kier molecular flexibility index (Phi) is 16.6. The van der Waals surface area contributed by atoms with Crippen molar-refractivity contribution in [1.82, 2.24) is 0 Å². The molecule has 0 aromatic carbocycles. The van der Waals surface area contributed by atoms with E-state index in [1.54, 1.807) is 0 Å². The van der Waals surface area contributed by atoms with Crippen molar-refractivity contribution in [2.45, 2.75) is 48.8 Å². The summed E-state index contributed by atoms with van der Waals surface area (Å²) in [6.07, 6.45) is -17.3. The monoisotopic (exact) mass is 410 g/mol. The first-order valence-corrected chi connectivity index (χ1v) is 6.60. The van der Waals surface area contributed by atoms with Gasteiger partial charge < -0.3 is 70.2 Å². The number of carboxylic acids is 2. The van der Waals surface area contributed by atoms with E-state index in [1.807, 2.05) is 0 Å². The van der Waals surface area contributed by atoms with Crippen LogP contribution in [0.4, 0.5) is 0 Å². The van der Waals surface area contributed by atoms with E-state index in [2.05, 4.69) is 0 Å². The molecule has 0 amide bonds. The number of carbonyl (C=O) groups is 4. The second-order valence-electron chi connectivity index (χ2n) is 4.74. The molecule has 0 aliphatic carbocycles. The first-order valence-electron chi connectivity index (χ1n) is 6.60. The Labute approximate surface area is 167 Å². The fraction of sp³-hybridized carbons (Fsp3) is 0.667. The Bertz CT molecular complexity index is 431. The summed E-state index contributed by atoms with van der Waals surface area (Å²) in [4.78, 5) is 39.7. The molecule has 8 atom stereocenters. The van der Waals surface area contributed by atoms with Gasteiger partial charge >= 0.3 is 23.1 Å². The van der Waals surface area contributed by atoms with Crippen molar-refractivity contribution in [2.75, 3.05) is 0 Å². The second kappa shape index (κ2) is 14.7. The van der Waals surface area contributed by atoms with Crippen LogP contribution in [0.1, 0.15) is 0 Å². The summed E-state index contributed by atoms with van der Waals surface area (Å²) < 4.78 is 0. The molecule has 152 valence electrons. The maximum Gasteiger partial charge on any atom is 2.00 e. The number of hydrogen-bond acceptors (Lipinski definition) is 14. The number of aliphatic carboxylic acids is 2. The molecule has 0 radical (unpaired) electrons. The van der Waals surface area contributed by atoms with Crippen molar-refractivity contribution >= 4 is 47.6 Å². The van der Waals surface area contributed by atoms with Crippen LogP contribution in [-0.2, 0) is 19.2 Å². The third kappa shape index (κ3) is 10.6. The van der Waals surface area contributed by atoms with Gasteiger partial charge in [-0.2, -0.15) is 0 Å².